The zero-order valence-electron chi connectivity index (χ0n) is 12.4. The smallest absolute Gasteiger partial charge is 0.0782 e. The minimum absolute atomic E-state index is 0.100. The summed E-state index contributed by atoms with van der Waals surface area (Å²) in [5.74, 6) is 2.29. The number of hydrogen-bond donors (Lipinski definition) is 1. The third-order valence-electron chi connectivity index (χ3n) is 3.44. The SMILES string of the molecule is CCN(CC)CCSCC(NC)C(C)(C)OC. The van der Waals surface area contributed by atoms with E-state index in [2.05, 4.69) is 37.9 Å². The van der Waals surface area contributed by atoms with E-state index >= 15 is 0 Å². The molecule has 3 nitrogen and oxygen atoms in total. The van der Waals surface area contributed by atoms with E-state index in [4.69, 9.17) is 4.74 Å². The zero-order valence-corrected chi connectivity index (χ0v) is 13.2. The highest BCUT2D eigenvalue weighted by Crippen LogP contribution is 2.17. The second-order valence-corrected chi connectivity index (χ2v) is 5.90. The molecule has 0 spiro atoms. The summed E-state index contributed by atoms with van der Waals surface area (Å²) in [6.45, 7) is 12.2. The highest BCUT2D eigenvalue weighted by atomic mass is 32.2. The topological polar surface area (TPSA) is 24.5 Å². The van der Waals surface area contributed by atoms with E-state index in [1.54, 1.807) is 7.11 Å². The third-order valence-corrected chi connectivity index (χ3v) is 4.48. The molecular formula is C13H30N2OS. The zero-order chi connectivity index (χ0) is 13.3. The lowest BCUT2D eigenvalue weighted by molar-refractivity contribution is -0.00155. The lowest BCUT2D eigenvalue weighted by atomic mass is 10.0. The summed E-state index contributed by atoms with van der Waals surface area (Å²) >= 11 is 2.00. The molecule has 0 rings (SSSR count). The van der Waals surface area contributed by atoms with Crippen LogP contribution in [0.3, 0.4) is 0 Å². The molecule has 0 aliphatic rings. The Hall–Kier alpha value is 0.230. The first-order valence-corrected chi connectivity index (χ1v) is 7.69. The highest BCUT2D eigenvalue weighted by molar-refractivity contribution is 7.99. The van der Waals surface area contributed by atoms with Gasteiger partial charge in [0.25, 0.3) is 0 Å². The van der Waals surface area contributed by atoms with Gasteiger partial charge in [-0.15, -0.1) is 0 Å². The monoisotopic (exact) mass is 262 g/mol. The Morgan fingerprint density at radius 1 is 1.29 bits per heavy atom. The minimum atomic E-state index is -0.100. The first kappa shape index (κ1) is 17.2. The molecule has 0 radical (unpaired) electrons. The molecule has 0 fully saturated rings. The van der Waals surface area contributed by atoms with E-state index in [1.165, 1.54) is 12.3 Å². The van der Waals surface area contributed by atoms with Crippen LogP contribution in [0.1, 0.15) is 27.7 Å². The quantitative estimate of drug-likeness (QED) is 0.609. The summed E-state index contributed by atoms with van der Waals surface area (Å²) in [4.78, 5) is 2.46. The van der Waals surface area contributed by atoms with Gasteiger partial charge in [0.2, 0.25) is 0 Å². The van der Waals surface area contributed by atoms with Gasteiger partial charge in [0.1, 0.15) is 0 Å². The number of rotatable bonds is 10. The summed E-state index contributed by atoms with van der Waals surface area (Å²) in [5.41, 5.74) is -0.100. The largest absolute Gasteiger partial charge is 0.377 e. The second kappa shape index (κ2) is 9.20. The molecule has 0 bridgehead atoms. The van der Waals surface area contributed by atoms with Crippen molar-refractivity contribution in [3.8, 4) is 0 Å². The van der Waals surface area contributed by atoms with E-state index in [9.17, 15) is 0 Å². The van der Waals surface area contributed by atoms with Crippen molar-refractivity contribution in [2.75, 3.05) is 45.3 Å². The maximum Gasteiger partial charge on any atom is 0.0782 e. The van der Waals surface area contributed by atoms with Crippen molar-refractivity contribution in [3.05, 3.63) is 0 Å². The van der Waals surface area contributed by atoms with Crippen LogP contribution in [0.15, 0.2) is 0 Å². The van der Waals surface area contributed by atoms with Gasteiger partial charge >= 0.3 is 0 Å². The number of hydrogen-bond acceptors (Lipinski definition) is 4. The van der Waals surface area contributed by atoms with Gasteiger partial charge in [-0.1, -0.05) is 13.8 Å². The van der Waals surface area contributed by atoms with E-state index in [0.29, 0.717) is 6.04 Å². The predicted octanol–water partition coefficient (Wildman–Crippen LogP) is 2.07. The van der Waals surface area contributed by atoms with E-state index < -0.39 is 0 Å². The maximum atomic E-state index is 5.52. The molecule has 0 aromatic rings. The van der Waals surface area contributed by atoms with Gasteiger partial charge in [-0.3, -0.25) is 0 Å². The number of nitrogens with one attached hydrogen (secondary N) is 1. The first-order valence-electron chi connectivity index (χ1n) is 6.54. The van der Waals surface area contributed by atoms with Crippen LogP contribution in [0.4, 0.5) is 0 Å². The average molecular weight is 262 g/mol. The van der Waals surface area contributed by atoms with E-state index in [1.807, 2.05) is 18.8 Å². The Morgan fingerprint density at radius 3 is 2.29 bits per heavy atom. The van der Waals surface area contributed by atoms with Crippen LogP contribution < -0.4 is 5.32 Å². The molecule has 0 aromatic heterocycles. The molecule has 17 heavy (non-hydrogen) atoms. The molecule has 0 aliphatic heterocycles. The van der Waals surface area contributed by atoms with Crippen molar-refractivity contribution in [3.63, 3.8) is 0 Å². The standard InChI is InChI=1S/C13H30N2OS/c1-7-15(8-2)9-10-17-11-12(14-5)13(3,4)16-6/h12,14H,7-11H2,1-6H3. The molecule has 1 unspecified atom stereocenters. The summed E-state index contributed by atoms with van der Waals surface area (Å²) < 4.78 is 5.52. The van der Waals surface area contributed by atoms with Crippen molar-refractivity contribution < 1.29 is 4.74 Å². The fourth-order valence-corrected chi connectivity index (χ4v) is 3.07. The molecule has 1 atom stereocenters. The van der Waals surface area contributed by atoms with E-state index in [-0.39, 0.29) is 5.60 Å². The molecule has 4 heteroatoms. The Balaban J connectivity index is 3.85. The van der Waals surface area contributed by atoms with Crippen LogP contribution in [0.25, 0.3) is 0 Å². The number of likely N-dealkylation sites (N-methyl/N-ethyl adjacent to an activating group) is 1. The summed E-state index contributed by atoms with van der Waals surface area (Å²) in [7, 11) is 3.79. The number of nitrogens with zero attached hydrogens (tertiary/aromatic N) is 1. The van der Waals surface area contributed by atoms with Crippen LogP contribution in [0.5, 0.6) is 0 Å². The van der Waals surface area contributed by atoms with Crippen molar-refractivity contribution in [2.24, 2.45) is 0 Å². The Labute approximate surface area is 112 Å². The van der Waals surface area contributed by atoms with Gasteiger partial charge in [0, 0.05) is 31.2 Å². The fourth-order valence-electron chi connectivity index (χ4n) is 1.71. The van der Waals surface area contributed by atoms with Crippen molar-refractivity contribution in [1.82, 2.24) is 10.2 Å². The number of methoxy groups -OCH3 is 1. The van der Waals surface area contributed by atoms with Gasteiger partial charge < -0.3 is 15.0 Å². The summed E-state index contributed by atoms with van der Waals surface area (Å²) in [6.07, 6.45) is 0. The van der Waals surface area contributed by atoms with Gasteiger partial charge in [-0.25, -0.2) is 0 Å². The van der Waals surface area contributed by atoms with Crippen molar-refractivity contribution >= 4 is 11.8 Å². The van der Waals surface area contributed by atoms with Gasteiger partial charge in [0.05, 0.1) is 5.60 Å². The molecule has 0 heterocycles. The maximum absolute atomic E-state index is 5.52. The lowest BCUT2D eigenvalue weighted by Gasteiger charge is -2.32. The van der Waals surface area contributed by atoms with Crippen LogP contribution in [-0.4, -0.2) is 61.8 Å². The predicted molar refractivity (Wildman–Crippen MR) is 79.0 cm³/mol. The minimum Gasteiger partial charge on any atom is -0.377 e. The lowest BCUT2D eigenvalue weighted by Crippen LogP contribution is -2.48. The third kappa shape index (κ3) is 6.65. The molecular weight excluding hydrogens is 232 g/mol. The molecule has 104 valence electrons. The van der Waals surface area contributed by atoms with Crippen molar-refractivity contribution in [1.29, 1.82) is 0 Å². The van der Waals surface area contributed by atoms with Gasteiger partial charge in [-0.05, 0) is 34.0 Å². The highest BCUT2D eigenvalue weighted by Gasteiger charge is 2.27. The van der Waals surface area contributed by atoms with Gasteiger partial charge in [-0.2, -0.15) is 11.8 Å². The summed E-state index contributed by atoms with van der Waals surface area (Å²) in [6, 6.07) is 0.397. The molecule has 0 aliphatic carbocycles. The summed E-state index contributed by atoms with van der Waals surface area (Å²) in [5, 5.41) is 3.35. The van der Waals surface area contributed by atoms with Gasteiger partial charge in [0.15, 0.2) is 0 Å². The first-order chi connectivity index (χ1) is 8.01. The van der Waals surface area contributed by atoms with Crippen LogP contribution >= 0.6 is 11.8 Å². The van der Waals surface area contributed by atoms with Crippen molar-refractivity contribution in [2.45, 2.75) is 39.3 Å². The molecule has 0 saturated carbocycles. The van der Waals surface area contributed by atoms with Crippen LogP contribution in [0, 0.1) is 0 Å². The van der Waals surface area contributed by atoms with Crippen LogP contribution in [-0.2, 0) is 4.74 Å². The molecule has 0 saturated heterocycles. The number of ether oxygens (including phenoxy) is 1. The Morgan fingerprint density at radius 2 is 1.88 bits per heavy atom. The average Bonchev–Trinajstić information content (AvgIpc) is 2.33. The molecule has 0 amide bonds. The molecule has 1 N–H and O–H groups in total. The van der Waals surface area contributed by atoms with E-state index in [0.717, 1.165) is 18.8 Å². The fraction of sp³-hybridized carbons (Fsp3) is 1.00. The number of thioether (sulfide) groups is 1. The van der Waals surface area contributed by atoms with Crippen LogP contribution in [0.2, 0.25) is 0 Å². The Kier molecular flexibility index (Phi) is 9.32. The normalized spacial score (nSPS) is 14.3. The molecule has 0 aromatic carbocycles. The second-order valence-electron chi connectivity index (χ2n) is 4.75. The Bertz CT molecular complexity index is 184.